The van der Waals surface area contributed by atoms with Gasteiger partial charge in [-0.1, -0.05) is 139 Å². The lowest BCUT2D eigenvalue weighted by Crippen LogP contribution is -2.66. The first-order valence-corrected chi connectivity index (χ1v) is 22.4. The van der Waals surface area contributed by atoms with Gasteiger partial charge in [0.2, 0.25) is 14.6 Å². The lowest BCUT2D eigenvalue weighted by molar-refractivity contribution is -0.188. The molecular formula is C42H60O5Si2. The number of hydrogen-bond donors (Lipinski definition) is 0. The molecule has 3 aromatic rings. The number of aryl methyl sites for hydroxylation is 1. The van der Waals surface area contributed by atoms with Crippen LogP contribution in [0, 0.1) is 0 Å². The second-order valence-electron chi connectivity index (χ2n) is 15.6. The minimum atomic E-state index is -2.81. The van der Waals surface area contributed by atoms with Gasteiger partial charge in [0.25, 0.3) is 8.32 Å². The van der Waals surface area contributed by atoms with E-state index in [1.165, 1.54) is 22.9 Å². The highest BCUT2D eigenvalue weighted by atomic mass is 28.4. The van der Waals surface area contributed by atoms with Crippen molar-refractivity contribution in [2.45, 2.75) is 117 Å². The summed E-state index contributed by atoms with van der Waals surface area (Å²) in [7, 11) is -5.11. The van der Waals surface area contributed by atoms with Crippen LogP contribution in [-0.4, -0.2) is 41.6 Å². The van der Waals surface area contributed by atoms with E-state index in [0.29, 0.717) is 19.4 Å². The molecule has 3 aromatic carbocycles. The largest absolute Gasteiger partial charge is 0.546 e. The van der Waals surface area contributed by atoms with Crippen LogP contribution in [0.5, 0.6) is 0 Å². The summed E-state index contributed by atoms with van der Waals surface area (Å²) in [5.74, 6) is 0.384. The highest BCUT2D eigenvalue weighted by Gasteiger charge is 2.50. The minimum absolute atomic E-state index is 0.0454. The molecule has 0 saturated heterocycles. The molecule has 0 aliphatic heterocycles. The molecule has 0 N–H and O–H groups in total. The summed E-state index contributed by atoms with van der Waals surface area (Å²) in [6.45, 7) is 25.9. The van der Waals surface area contributed by atoms with Crippen LogP contribution in [0.1, 0.15) is 80.2 Å². The van der Waals surface area contributed by atoms with E-state index in [0.717, 1.165) is 24.2 Å². The van der Waals surface area contributed by atoms with Gasteiger partial charge in [-0.2, -0.15) is 0 Å². The molecule has 49 heavy (non-hydrogen) atoms. The van der Waals surface area contributed by atoms with Crippen molar-refractivity contribution in [3.8, 4) is 0 Å². The molecule has 3 rings (SSSR count). The smallest absolute Gasteiger partial charge is 0.304 e. The van der Waals surface area contributed by atoms with Crippen LogP contribution in [0.4, 0.5) is 0 Å². The third kappa shape index (κ3) is 11.1. The number of hydrogen-bond acceptors (Lipinski definition) is 5. The van der Waals surface area contributed by atoms with Crippen LogP contribution in [0.25, 0.3) is 0 Å². The van der Waals surface area contributed by atoms with Gasteiger partial charge in [0.05, 0.1) is 24.9 Å². The van der Waals surface area contributed by atoms with Gasteiger partial charge in [0, 0.05) is 6.92 Å². The molecule has 1 unspecified atom stereocenters. The van der Waals surface area contributed by atoms with Crippen molar-refractivity contribution in [2.24, 2.45) is 0 Å². The Bertz CT molecular complexity index is 1450. The Balaban J connectivity index is 2.05. The van der Waals surface area contributed by atoms with Gasteiger partial charge in [-0.05, 0) is 70.9 Å². The first kappa shape index (κ1) is 40.2. The van der Waals surface area contributed by atoms with E-state index in [4.69, 9.17) is 18.3 Å². The number of esters is 1. The second kappa shape index (κ2) is 17.6. The standard InChI is InChI=1S/C42H60O5Si2/c1-12-22-36(30-29-35-23-16-13-17-24-35)46-40(45-34(3)43)31-39(47-48(10,11)41(4,5)6)33(2)32-44-49(42(7,8)9,37-25-18-14-19-26-37)38-27-20-15-21-28-38/h12-21,23-28,36,40H,1,22,29-32H2,2-11H3/b39-33-/t36-,40?/m1/s1. The minimum Gasteiger partial charge on any atom is -0.546 e. The fraction of sp³-hybridized carbons (Fsp3) is 0.452. The predicted octanol–water partition coefficient (Wildman–Crippen LogP) is 9.73. The average Bonchev–Trinajstić information content (AvgIpc) is 3.03. The van der Waals surface area contributed by atoms with Crippen molar-refractivity contribution in [1.82, 2.24) is 0 Å². The van der Waals surface area contributed by atoms with Gasteiger partial charge in [0.15, 0.2) is 0 Å². The van der Waals surface area contributed by atoms with Gasteiger partial charge in [-0.15, -0.1) is 6.58 Å². The van der Waals surface area contributed by atoms with Crippen LogP contribution in [-0.2, 0) is 29.5 Å². The number of benzene rings is 3. The molecule has 0 amide bonds. The zero-order chi connectivity index (χ0) is 36.3. The molecule has 0 bridgehead atoms. The second-order valence-corrected chi connectivity index (χ2v) is 24.6. The number of carbonyl (C=O) groups excluding carboxylic acids is 1. The third-order valence-corrected chi connectivity index (χ3v) is 19.0. The zero-order valence-corrected chi connectivity index (χ0v) is 33.7. The van der Waals surface area contributed by atoms with Crippen LogP contribution in [0.2, 0.25) is 23.2 Å². The summed E-state index contributed by atoms with van der Waals surface area (Å²) in [6.07, 6.45) is 3.42. The van der Waals surface area contributed by atoms with Crippen LogP contribution in [0.15, 0.2) is 115 Å². The maximum Gasteiger partial charge on any atom is 0.304 e. The Labute approximate surface area is 299 Å². The van der Waals surface area contributed by atoms with Crippen LogP contribution in [0.3, 0.4) is 0 Å². The fourth-order valence-corrected chi connectivity index (χ4v) is 11.7. The van der Waals surface area contributed by atoms with Gasteiger partial charge < -0.3 is 18.3 Å². The average molecular weight is 701 g/mol. The molecule has 0 radical (unpaired) electrons. The first-order valence-electron chi connectivity index (χ1n) is 17.6. The van der Waals surface area contributed by atoms with E-state index < -0.39 is 28.9 Å². The predicted molar refractivity (Wildman–Crippen MR) is 209 cm³/mol. The first-order chi connectivity index (χ1) is 23.0. The molecular weight excluding hydrogens is 641 g/mol. The van der Waals surface area contributed by atoms with Crippen LogP contribution >= 0.6 is 0 Å². The Hall–Kier alpha value is -3.24. The maximum absolute atomic E-state index is 12.5. The highest BCUT2D eigenvalue weighted by molar-refractivity contribution is 6.99. The summed E-state index contributed by atoms with van der Waals surface area (Å²) < 4.78 is 26.9. The Kier molecular flexibility index (Phi) is 14.5. The van der Waals surface area contributed by atoms with Crippen molar-refractivity contribution in [2.75, 3.05) is 6.61 Å². The summed E-state index contributed by atoms with van der Waals surface area (Å²) in [5, 5.41) is 2.23. The van der Waals surface area contributed by atoms with Crippen molar-refractivity contribution >= 4 is 33.0 Å². The topological polar surface area (TPSA) is 54.0 Å². The summed E-state index contributed by atoms with van der Waals surface area (Å²) in [6, 6.07) is 31.7. The molecule has 0 fully saturated rings. The Morgan fingerprint density at radius 1 is 0.796 bits per heavy atom. The Morgan fingerprint density at radius 2 is 1.31 bits per heavy atom. The molecule has 266 valence electrons. The summed E-state index contributed by atoms with van der Waals surface area (Å²) in [4.78, 5) is 12.5. The zero-order valence-electron chi connectivity index (χ0n) is 31.7. The molecule has 7 heteroatoms. The van der Waals surface area contributed by atoms with Crippen molar-refractivity contribution in [1.29, 1.82) is 0 Å². The van der Waals surface area contributed by atoms with Crippen molar-refractivity contribution in [3.63, 3.8) is 0 Å². The van der Waals surface area contributed by atoms with Gasteiger partial charge >= 0.3 is 5.97 Å². The normalized spacial score (nSPS) is 14.4. The molecule has 0 saturated carbocycles. The summed E-state index contributed by atoms with van der Waals surface area (Å²) >= 11 is 0. The van der Waals surface area contributed by atoms with Gasteiger partial charge in [-0.3, -0.25) is 4.79 Å². The van der Waals surface area contributed by atoms with E-state index in [9.17, 15) is 4.79 Å². The monoisotopic (exact) mass is 700 g/mol. The molecule has 0 spiro atoms. The van der Waals surface area contributed by atoms with E-state index in [-0.39, 0.29) is 16.2 Å². The number of rotatable bonds is 17. The van der Waals surface area contributed by atoms with E-state index in [1.807, 2.05) is 24.3 Å². The molecule has 2 atom stereocenters. The SMILES string of the molecule is C=CC[C@H](CCc1ccccc1)OC(C/C(O[Si](C)(C)C(C)(C)C)=C(\C)CO[Si](c1ccccc1)(c1ccccc1)C(C)(C)C)OC(C)=O. The van der Waals surface area contributed by atoms with Crippen LogP contribution < -0.4 is 10.4 Å². The van der Waals surface area contributed by atoms with E-state index >= 15 is 0 Å². The lowest BCUT2D eigenvalue weighted by atomic mass is 10.0. The van der Waals surface area contributed by atoms with Gasteiger partial charge in [0.1, 0.15) is 0 Å². The lowest BCUT2D eigenvalue weighted by Gasteiger charge is -2.43. The quantitative estimate of drug-likeness (QED) is 0.0462. The Morgan fingerprint density at radius 3 is 1.76 bits per heavy atom. The third-order valence-electron chi connectivity index (χ3n) is 9.60. The highest BCUT2D eigenvalue weighted by Crippen LogP contribution is 2.40. The fourth-order valence-electron chi connectivity index (χ4n) is 5.89. The van der Waals surface area contributed by atoms with E-state index in [2.05, 4.69) is 141 Å². The number of carbonyl (C=O) groups is 1. The molecule has 0 aromatic heterocycles. The number of ether oxygens (including phenoxy) is 2. The van der Waals surface area contributed by atoms with Crippen molar-refractivity contribution in [3.05, 3.63) is 121 Å². The molecule has 0 aliphatic rings. The maximum atomic E-state index is 12.5. The molecule has 5 nitrogen and oxygen atoms in total. The molecule has 0 heterocycles. The summed E-state index contributed by atoms with van der Waals surface area (Å²) in [5.41, 5.74) is 2.21. The van der Waals surface area contributed by atoms with E-state index in [1.54, 1.807) is 0 Å². The van der Waals surface area contributed by atoms with Gasteiger partial charge in [-0.25, -0.2) is 0 Å². The molecule has 0 aliphatic carbocycles. The van der Waals surface area contributed by atoms with Crippen molar-refractivity contribution < 1.29 is 23.1 Å².